The molecule has 1 heterocycles. The topological polar surface area (TPSA) is 48.0 Å². The minimum atomic E-state index is 0.392. The van der Waals surface area contributed by atoms with E-state index in [9.17, 15) is 0 Å². The van der Waals surface area contributed by atoms with Crippen LogP contribution >= 0.6 is 23.2 Å². The number of nitrogens with two attached hydrogens (primary N) is 1. The molecule has 146 valence electrons. The van der Waals surface area contributed by atoms with Crippen LogP contribution in [0.1, 0.15) is 23.6 Å². The number of quaternary nitrogens is 1. The van der Waals surface area contributed by atoms with Crippen LogP contribution in [0.15, 0.2) is 60.9 Å². The van der Waals surface area contributed by atoms with Crippen LogP contribution in [0.5, 0.6) is 11.5 Å². The van der Waals surface area contributed by atoms with Crippen LogP contribution in [0.4, 0.5) is 0 Å². The van der Waals surface area contributed by atoms with Crippen LogP contribution in [-0.4, -0.2) is 11.6 Å². The zero-order chi connectivity index (χ0) is 19.8. The summed E-state index contributed by atoms with van der Waals surface area (Å²) in [5, 5.41) is 3.44. The summed E-state index contributed by atoms with van der Waals surface area (Å²) in [6.45, 7) is 4.51. The van der Waals surface area contributed by atoms with Crippen LogP contribution < -0.4 is 14.8 Å². The van der Waals surface area contributed by atoms with Gasteiger partial charge in [-0.25, -0.2) is 0 Å². The van der Waals surface area contributed by atoms with Gasteiger partial charge in [-0.1, -0.05) is 41.4 Å². The summed E-state index contributed by atoms with van der Waals surface area (Å²) in [6.07, 6.45) is 3.66. The molecule has 0 aliphatic carbocycles. The second-order valence-corrected chi connectivity index (χ2v) is 7.15. The third-order valence-corrected chi connectivity index (χ3v) is 4.68. The maximum atomic E-state index is 6.51. The Morgan fingerprint density at radius 2 is 1.71 bits per heavy atom. The average molecular weight is 418 g/mol. The van der Waals surface area contributed by atoms with Crippen molar-refractivity contribution in [3.05, 3.63) is 87.7 Å². The number of pyridine rings is 1. The third kappa shape index (κ3) is 5.86. The maximum Gasteiger partial charge on any atom is 0.180 e. The number of nitrogens with zero attached hydrogens (tertiary/aromatic N) is 1. The quantitative estimate of drug-likeness (QED) is 0.551. The molecule has 6 heteroatoms. The molecular formula is C22H23Cl2N2O2+. The van der Waals surface area contributed by atoms with Crippen LogP contribution in [0.3, 0.4) is 0 Å². The predicted molar refractivity (Wildman–Crippen MR) is 112 cm³/mol. The van der Waals surface area contributed by atoms with Crippen molar-refractivity contribution in [1.82, 2.24) is 4.98 Å². The van der Waals surface area contributed by atoms with E-state index in [1.807, 2.05) is 55.6 Å². The lowest BCUT2D eigenvalue weighted by Crippen LogP contribution is -2.80. The van der Waals surface area contributed by atoms with E-state index in [1.165, 1.54) is 5.56 Å². The molecule has 0 spiro atoms. The van der Waals surface area contributed by atoms with Gasteiger partial charge in [-0.15, -0.1) is 0 Å². The molecule has 0 unspecified atom stereocenters. The van der Waals surface area contributed by atoms with Gasteiger partial charge in [0.2, 0.25) is 0 Å². The highest BCUT2D eigenvalue weighted by molar-refractivity contribution is 6.32. The van der Waals surface area contributed by atoms with E-state index in [-0.39, 0.29) is 0 Å². The summed E-state index contributed by atoms with van der Waals surface area (Å²) in [6, 6.07) is 15.5. The van der Waals surface area contributed by atoms with Gasteiger partial charge in [0.05, 0.1) is 11.6 Å². The molecule has 0 aliphatic heterocycles. The summed E-state index contributed by atoms with van der Waals surface area (Å²) < 4.78 is 11.7. The molecule has 0 radical (unpaired) electrons. The highest BCUT2D eigenvalue weighted by Crippen LogP contribution is 2.37. The standard InChI is InChI=1S/C22H22Cl2N2O2/c1-2-27-21-11-18(14-26-13-17-4-3-9-25-12-17)10-20(24)22(21)28-15-16-5-7-19(23)8-6-16/h3-12,26H,2,13-15H2,1H3/p+1. The molecule has 3 rings (SSSR count). The Hall–Kier alpha value is -2.27. The van der Waals surface area contributed by atoms with Crippen molar-refractivity contribution in [2.24, 2.45) is 0 Å². The lowest BCUT2D eigenvalue weighted by atomic mass is 10.2. The highest BCUT2D eigenvalue weighted by Gasteiger charge is 2.14. The Kier molecular flexibility index (Phi) is 7.54. The van der Waals surface area contributed by atoms with Gasteiger partial charge >= 0.3 is 0 Å². The van der Waals surface area contributed by atoms with Gasteiger partial charge in [-0.05, 0) is 42.8 Å². The summed E-state index contributed by atoms with van der Waals surface area (Å²) in [4.78, 5) is 4.14. The fourth-order valence-corrected chi connectivity index (χ4v) is 3.22. The Bertz CT molecular complexity index is 887. The molecule has 0 fully saturated rings. The first kappa shape index (κ1) is 20.5. The number of hydrogen-bond donors (Lipinski definition) is 1. The lowest BCUT2D eigenvalue weighted by molar-refractivity contribution is -0.686. The number of ether oxygens (including phenoxy) is 2. The smallest absolute Gasteiger partial charge is 0.180 e. The van der Waals surface area contributed by atoms with E-state index < -0.39 is 0 Å². The van der Waals surface area contributed by atoms with Gasteiger partial charge in [0.25, 0.3) is 0 Å². The van der Waals surface area contributed by atoms with Gasteiger partial charge in [-0.3, -0.25) is 4.98 Å². The summed E-state index contributed by atoms with van der Waals surface area (Å²) in [7, 11) is 0. The Morgan fingerprint density at radius 3 is 2.43 bits per heavy atom. The Balaban J connectivity index is 1.67. The molecule has 2 N–H and O–H groups in total. The minimum absolute atomic E-state index is 0.392. The fourth-order valence-electron chi connectivity index (χ4n) is 2.80. The zero-order valence-electron chi connectivity index (χ0n) is 15.7. The van der Waals surface area contributed by atoms with Crippen molar-refractivity contribution < 1.29 is 14.8 Å². The minimum Gasteiger partial charge on any atom is -0.490 e. The molecule has 1 aromatic heterocycles. The second kappa shape index (κ2) is 10.3. The SMILES string of the molecule is CCOc1cc(C[NH2+]Cc2cccnc2)cc(Cl)c1OCc1ccc(Cl)cc1. The fraction of sp³-hybridized carbons (Fsp3) is 0.227. The molecule has 28 heavy (non-hydrogen) atoms. The van der Waals surface area contributed by atoms with Gasteiger partial charge in [0.15, 0.2) is 11.5 Å². The Labute approximate surface area is 175 Å². The van der Waals surface area contributed by atoms with Crippen LogP contribution in [-0.2, 0) is 19.7 Å². The third-order valence-electron chi connectivity index (χ3n) is 4.15. The summed E-state index contributed by atoms with van der Waals surface area (Å²) >= 11 is 12.4. The van der Waals surface area contributed by atoms with Crippen molar-refractivity contribution >= 4 is 23.2 Å². The molecule has 0 aliphatic rings. The van der Waals surface area contributed by atoms with Gasteiger partial charge in [-0.2, -0.15) is 0 Å². The molecule has 0 saturated heterocycles. The van der Waals surface area contributed by atoms with E-state index in [0.717, 1.165) is 24.2 Å². The van der Waals surface area contributed by atoms with Crippen molar-refractivity contribution in [3.63, 3.8) is 0 Å². The second-order valence-electron chi connectivity index (χ2n) is 6.31. The molecule has 3 aromatic rings. The first-order valence-electron chi connectivity index (χ1n) is 9.18. The summed E-state index contributed by atoms with van der Waals surface area (Å²) in [5.74, 6) is 1.23. The molecule has 0 amide bonds. The van der Waals surface area contributed by atoms with Gasteiger partial charge < -0.3 is 14.8 Å². The molecule has 0 atom stereocenters. The first-order chi connectivity index (χ1) is 13.7. The maximum absolute atomic E-state index is 6.51. The average Bonchev–Trinajstić information content (AvgIpc) is 2.70. The molecule has 4 nitrogen and oxygen atoms in total. The van der Waals surface area contributed by atoms with E-state index in [4.69, 9.17) is 32.7 Å². The van der Waals surface area contributed by atoms with Gasteiger partial charge in [0, 0.05) is 28.5 Å². The predicted octanol–water partition coefficient (Wildman–Crippen LogP) is 4.63. The zero-order valence-corrected chi connectivity index (χ0v) is 17.2. The Morgan fingerprint density at radius 1 is 0.929 bits per heavy atom. The van der Waals surface area contributed by atoms with Crippen LogP contribution in [0.25, 0.3) is 0 Å². The molecular weight excluding hydrogens is 395 g/mol. The van der Waals surface area contributed by atoms with Crippen LogP contribution in [0.2, 0.25) is 10.0 Å². The molecule has 2 aromatic carbocycles. The van der Waals surface area contributed by atoms with Crippen molar-refractivity contribution in [2.75, 3.05) is 6.61 Å². The monoisotopic (exact) mass is 417 g/mol. The number of hydrogen-bond acceptors (Lipinski definition) is 3. The normalized spacial score (nSPS) is 10.7. The van der Waals surface area contributed by atoms with Crippen molar-refractivity contribution in [2.45, 2.75) is 26.6 Å². The number of aromatic nitrogens is 1. The van der Waals surface area contributed by atoms with Crippen molar-refractivity contribution in [3.8, 4) is 11.5 Å². The largest absolute Gasteiger partial charge is 0.490 e. The lowest BCUT2D eigenvalue weighted by Gasteiger charge is -2.15. The van der Waals surface area contributed by atoms with Crippen LogP contribution in [0, 0.1) is 0 Å². The van der Waals surface area contributed by atoms with Crippen molar-refractivity contribution in [1.29, 1.82) is 0 Å². The van der Waals surface area contributed by atoms with E-state index in [1.54, 1.807) is 6.20 Å². The molecule has 0 saturated carbocycles. The van der Waals surface area contributed by atoms with E-state index >= 15 is 0 Å². The molecule has 0 bridgehead atoms. The van der Waals surface area contributed by atoms with E-state index in [2.05, 4.69) is 16.4 Å². The van der Waals surface area contributed by atoms with E-state index in [0.29, 0.717) is 34.8 Å². The number of rotatable bonds is 9. The highest BCUT2D eigenvalue weighted by atomic mass is 35.5. The number of benzene rings is 2. The number of halogens is 2. The summed E-state index contributed by atoms with van der Waals surface area (Å²) in [5.41, 5.74) is 3.27. The van der Waals surface area contributed by atoms with Gasteiger partial charge in [0.1, 0.15) is 19.7 Å². The first-order valence-corrected chi connectivity index (χ1v) is 9.94.